The van der Waals surface area contributed by atoms with E-state index >= 15 is 0 Å². The molecule has 0 aliphatic heterocycles. The molecule has 3 heteroatoms. The smallest absolute Gasteiger partial charge is 0.299 e. The second-order valence-corrected chi connectivity index (χ2v) is 6.86. The van der Waals surface area contributed by atoms with Gasteiger partial charge in [-0.25, -0.2) is 0 Å². The number of carbonyl (C=O) groups is 2. The molecule has 0 heterocycles. The summed E-state index contributed by atoms with van der Waals surface area (Å²) in [7, 11) is 0. The van der Waals surface area contributed by atoms with Gasteiger partial charge in [0.15, 0.2) is 0 Å². The standard InChI is InChI=1S/C25H21NO2/c27-24(21-13-5-2-6-14-21)25(28)26(18-19-10-3-1-4-11-19)23-17-9-15-20-12-7-8-16-22(20)23/h1-8,10-14,16-17H,9,15,18H2. The average Bonchev–Trinajstić information content (AvgIpc) is 2.77. The topological polar surface area (TPSA) is 37.4 Å². The van der Waals surface area contributed by atoms with Gasteiger partial charge in [-0.2, -0.15) is 0 Å². The van der Waals surface area contributed by atoms with Crippen molar-refractivity contribution in [3.63, 3.8) is 0 Å². The minimum Gasteiger partial charge on any atom is -0.301 e. The molecule has 3 aromatic carbocycles. The molecule has 0 atom stereocenters. The van der Waals surface area contributed by atoms with Crippen LogP contribution in [-0.2, 0) is 17.8 Å². The molecule has 3 nitrogen and oxygen atoms in total. The predicted molar refractivity (Wildman–Crippen MR) is 111 cm³/mol. The molecular weight excluding hydrogens is 346 g/mol. The lowest BCUT2D eigenvalue weighted by Gasteiger charge is -2.29. The lowest BCUT2D eigenvalue weighted by Crippen LogP contribution is -2.35. The summed E-state index contributed by atoms with van der Waals surface area (Å²) in [5, 5.41) is 0. The van der Waals surface area contributed by atoms with E-state index in [9.17, 15) is 9.59 Å². The number of carbonyl (C=O) groups excluding carboxylic acids is 2. The van der Waals surface area contributed by atoms with Crippen molar-refractivity contribution in [1.29, 1.82) is 0 Å². The fourth-order valence-electron chi connectivity index (χ4n) is 3.59. The molecule has 3 aromatic rings. The normalized spacial score (nSPS) is 12.6. The highest BCUT2D eigenvalue weighted by molar-refractivity contribution is 6.43. The van der Waals surface area contributed by atoms with Crippen LogP contribution in [0.3, 0.4) is 0 Å². The third-order valence-electron chi connectivity index (χ3n) is 4.99. The average molecular weight is 367 g/mol. The molecule has 1 amide bonds. The second kappa shape index (κ2) is 8.05. The number of allylic oxidation sites excluding steroid dienone is 1. The first kappa shape index (κ1) is 17.9. The largest absolute Gasteiger partial charge is 0.301 e. The highest BCUT2D eigenvalue weighted by Crippen LogP contribution is 2.30. The van der Waals surface area contributed by atoms with E-state index in [1.807, 2.05) is 54.6 Å². The zero-order valence-electron chi connectivity index (χ0n) is 15.5. The zero-order valence-corrected chi connectivity index (χ0v) is 15.5. The van der Waals surface area contributed by atoms with Gasteiger partial charge in [0, 0.05) is 16.8 Å². The van der Waals surface area contributed by atoms with Crippen molar-refractivity contribution >= 4 is 17.4 Å². The van der Waals surface area contributed by atoms with Gasteiger partial charge in [0.25, 0.3) is 11.7 Å². The van der Waals surface area contributed by atoms with Gasteiger partial charge in [0.1, 0.15) is 0 Å². The van der Waals surface area contributed by atoms with Gasteiger partial charge in [0.2, 0.25) is 0 Å². The summed E-state index contributed by atoms with van der Waals surface area (Å²) in [5.74, 6) is -0.988. The maximum atomic E-state index is 13.3. The van der Waals surface area contributed by atoms with Crippen molar-refractivity contribution in [2.45, 2.75) is 19.4 Å². The van der Waals surface area contributed by atoms with Crippen LogP contribution >= 0.6 is 0 Å². The van der Waals surface area contributed by atoms with Crippen molar-refractivity contribution in [2.24, 2.45) is 0 Å². The third-order valence-corrected chi connectivity index (χ3v) is 4.99. The summed E-state index contributed by atoms with van der Waals surface area (Å²) in [6, 6.07) is 26.6. The Labute approximate surface area is 164 Å². The highest BCUT2D eigenvalue weighted by Gasteiger charge is 2.28. The van der Waals surface area contributed by atoms with Crippen molar-refractivity contribution in [1.82, 2.24) is 4.90 Å². The number of nitrogens with zero attached hydrogens (tertiary/aromatic N) is 1. The first-order valence-corrected chi connectivity index (χ1v) is 9.47. The van der Waals surface area contributed by atoms with E-state index in [1.165, 1.54) is 5.56 Å². The molecule has 28 heavy (non-hydrogen) atoms. The SMILES string of the molecule is O=C(C(=O)N(Cc1ccccc1)C1=CCCc2ccccc21)c1ccccc1. The van der Waals surface area contributed by atoms with Crippen LogP contribution in [0.5, 0.6) is 0 Å². The minimum absolute atomic E-state index is 0.360. The summed E-state index contributed by atoms with van der Waals surface area (Å²) in [5.41, 5.74) is 4.45. The van der Waals surface area contributed by atoms with Gasteiger partial charge < -0.3 is 4.90 Å². The Balaban J connectivity index is 1.73. The molecule has 1 aliphatic carbocycles. The number of rotatable bonds is 5. The van der Waals surface area contributed by atoms with Crippen LogP contribution in [0.2, 0.25) is 0 Å². The van der Waals surface area contributed by atoms with Crippen LogP contribution in [0.4, 0.5) is 0 Å². The Bertz CT molecular complexity index is 1020. The van der Waals surface area contributed by atoms with E-state index in [4.69, 9.17) is 0 Å². The molecule has 0 fully saturated rings. The maximum absolute atomic E-state index is 13.3. The van der Waals surface area contributed by atoms with Crippen LogP contribution < -0.4 is 0 Å². The van der Waals surface area contributed by atoms with Crippen molar-refractivity contribution in [3.05, 3.63) is 113 Å². The maximum Gasteiger partial charge on any atom is 0.299 e. The molecule has 0 unspecified atom stereocenters. The number of fused-ring (bicyclic) bond motifs is 1. The number of amides is 1. The molecule has 0 radical (unpaired) electrons. The summed E-state index contributed by atoms with van der Waals surface area (Å²) in [6.45, 7) is 0.360. The van der Waals surface area contributed by atoms with Gasteiger partial charge in [-0.15, -0.1) is 0 Å². The summed E-state index contributed by atoms with van der Waals surface area (Å²) in [6.07, 6.45) is 3.87. The molecule has 0 spiro atoms. The third kappa shape index (κ3) is 3.65. The molecule has 0 saturated heterocycles. The minimum atomic E-state index is -0.502. The fourth-order valence-corrected chi connectivity index (χ4v) is 3.59. The Morgan fingerprint density at radius 2 is 1.43 bits per heavy atom. The van der Waals surface area contributed by atoms with E-state index in [0.29, 0.717) is 12.1 Å². The second-order valence-electron chi connectivity index (χ2n) is 6.86. The van der Waals surface area contributed by atoms with E-state index in [2.05, 4.69) is 12.1 Å². The Morgan fingerprint density at radius 1 is 0.786 bits per heavy atom. The predicted octanol–water partition coefficient (Wildman–Crippen LogP) is 4.89. The molecule has 0 bridgehead atoms. The molecular formula is C25H21NO2. The zero-order chi connectivity index (χ0) is 19.3. The van der Waals surface area contributed by atoms with Gasteiger partial charge in [0.05, 0.1) is 6.54 Å². The first-order valence-electron chi connectivity index (χ1n) is 9.47. The Morgan fingerprint density at radius 3 is 2.18 bits per heavy atom. The van der Waals surface area contributed by atoms with E-state index in [0.717, 1.165) is 29.7 Å². The number of aryl methyl sites for hydroxylation is 1. The summed E-state index contributed by atoms with van der Waals surface area (Å²) >= 11 is 0. The van der Waals surface area contributed by atoms with Gasteiger partial charge in [-0.1, -0.05) is 91.0 Å². The summed E-state index contributed by atoms with van der Waals surface area (Å²) < 4.78 is 0. The lowest BCUT2D eigenvalue weighted by atomic mass is 9.93. The summed E-state index contributed by atoms with van der Waals surface area (Å²) in [4.78, 5) is 27.8. The Hall–Kier alpha value is -3.46. The van der Waals surface area contributed by atoms with Crippen LogP contribution in [0.1, 0.15) is 33.5 Å². The highest BCUT2D eigenvalue weighted by atomic mass is 16.2. The van der Waals surface area contributed by atoms with Crippen molar-refractivity contribution in [3.8, 4) is 0 Å². The number of hydrogen-bond donors (Lipinski definition) is 0. The number of hydrogen-bond acceptors (Lipinski definition) is 2. The molecule has 1 aliphatic rings. The van der Waals surface area contributed by atoms with Gasteiger partial charge in [-0.05, 0) is 24.0 Å². The fraction of sp³-hybridized carbons (Fsp3) is 0.120. The first-order chi connectivity index (χ1) is 13.7. The lowest BCUT2D eigenvalue weighted by molar-refractivity contribution is -0.123. The number of ketones is 1. The van der Waals surface area contributed by atoms with E-state index < -0.39 is 11.7 Å². The van der Waals surface area contributed by atoms with Gasteiger partial charge in [-0.3, -0.25) is 9.59 Å². The van der Waals surface area contributed by atoms with Crippen LogP contribution in [-0.4, -0.2) is 16.6 Å². The van der Waals surface area contributed by atoms with Crippen molar-refractivity contribution < 1.29 is 9.59 Å². The monoisotopic (exact) mass is 367 g/mol. The van der Waals surface area contributed by atoms with Crippen molar-refractivity contribution in [2.75, 3.05) is 0 Å². The van der Waals surface area contributed by atoms with Crippen LogP contribution in [0, 0.1) is 0 Å². The molecule has 138 valence electrons. The van der Waals surface area contributed by atoms with Crippen LogP contribution in [0.15, 0.2) is 91.0 Å². The molecule has 0 saturated carbocycles. The number of Topliss-reactive ketones (excluding diaryl/α,β-unsaturated/α-hetero) is 1. The molecule has 4 rings (SSSR count). The van der Waals surface area contributed by atoms with E-state index in [1.54, 1.807) is 29.2 Å². The molecule has 0 aromatic heterocycles. The van der Waals surface area contributed by atoms with Gasteiger partial charge >= 0.3 is 0 Å². The van der Waals surface area contributed by atoms with E-state index in [-0.39, 0.29) is 0 Å². The molecule has 0 N–H and O–H groups in total. The Kier molecular flexibility index (Phi) is 5.16. The number of benzene rings is 3. The van der Waals surface area contributed by atoms with Crippen LogP contribution in [0.25, 0.3) is 5.70 Å². The quantitative estimate of drug-likeness (QED) is 0.476.